The quantitative estimate of drug-likeness (QED) is 0.154. The fourth-order valence-electron chi connectivity index (χ4n) is 2.65. The largest absolute Gasteiger partial charge is 0.355 e. The SMILES string of the molecule is O=C(CCC(=O)ON1C(=O)CCC1=O)NCCSSCCNC(=O)CCn1cc(F)c(=O)[nH]c1=O. The minimum atomic E-state index is -1.11. The van der Waals surface area contributed by atoms with E-state index in [2.05, 4.69) is 15.5 Å². The highest BCUT2D eigenvalue weighted by molar-refractivity contribution is 8.76. The monoisotopic (exact) mass is 533 g/mol. The van der Waals surface area contributed by atoms with Crippen molar-refractivity contribution >= 4 is 51.2 Å². The van der Waals surface area contributed by atoms with E-state index < -0.39 is 34.8 Å². The number of hydrogen-bond donors (Lipinski definition) is 3. The highest BCUT2D eigenvalue weighted by atomic mass is 33.1. The number of hydrogen-bond acceptors (Lipinski definition) is 10. The molecular formula is C19H24FN5O8S2. The molecule has 0 saturated carbocycles. The fourth-order valence-corrected chi connectivity index (χ4v) is 4.46. The summed E-state index contributed by atoms with van der Waals surface area (Å²) in [6, 6.07) is 0. The van der Waals surface area contributed by atoms with E-state index in [0.717, 1.165) is 10.8 Å². The molecule has 0 radical (unpaired) electrons. The van der Waals surface area contributed by atoms with E-state index in [9.17, 15) is 38.0 Å². The summed E-state index contributed by atoms with van der Waals surface area (Å²) >= 11 is 0. The van der Waals surface area contributed by atoms with Crippen molar-refractivity contribution in [2.75, 3.05) is 24.6 Å². The number of amides is 4. The van der Waals surface area contributed by atoms with Crippen LogP contribution in [0.1, 0.15) is 32.1 Å². The molecular weight excluding hydrogens is 509 g/mol. The Kier molecular flexibility index (Phi) is 11.5. The van der Waals surface area contributed by atoms with Crippen molar-refractivity contribution in [1.82, 2.24) is 25.2 Å². The molecule has 16 heteroatoms. The van der Waals surface area contributed by atoms with Crippen LogP contribution in [0.3, 0.4) is 0 Å². The topological polar surface area (TPSA) is 177 Å². The molecule has 0 bridgehead atoms. The molecule has 192 valence electrons. The summed E-state index contributed by atoms with van der Waals surface area (Å²) in [6.45, 7) is 0.638. The van der Waals surface area contributed by atoms with E-state index in [1.54, 1.807) is 0 Å². The second kappa shape index (κ2) is 14.3. The van der Waals surface area contributed by atoms with Gasteiger partial charge in [-0.25, -0.2) is 9.59 Å². The summed E-state index contributed by atoms with van der Waals surface area (Å²) in [6.07, 6.45) is 0.278. The van der Waals surface area contributed by atoms with Gasteiger partial charge in [0, 0.05) is 56.8 Å². The van der Waals surface area contributed by atoms with Crippen LogP contribution in [0.5, 0.6) is 0 Å². The summed E-state index contributed by atoms with van der Waals surface area (Å²) in [7, 11) is 2.93. The van der Waals surface area contributed by atoms with Crippen LogP contribution in [-0.4, -0.2) is 68.8 Å². The number of aromatic amines is 1. The normalized spacial score (nSPS) is 13.1. The molecule has 13 nitrogen and oxygen atoms in total. The van der Waals surface area contributed by atoms with Gasteiger partial charge in [-0.2, -0.15) is 4.39 Å². The van der Waals surface area contributed by atoms with Gasteiger partial charge in [0.05, 0.1) is 12.6 Å². The molecule has 1 saturated heterocycles. The zero-order valence-corrected chi connectivity index (χ0v) is 20.1. The standard InChI is InChI=1S/C19H24FN5O8S2/c20-12-11-24(19(32)23-18(12)31)8-5-14(27)22-7-10-35-34-9-6-21-13(26)1-4-17(30)33-25-15(28)2-3-16(25)29/h11H,1-10H2,(H,21,26)(H,22,27)(H,23,31,32). The van der Waals surface area contributed by atoms with Crippen molar-refractivity contribution < 1.29 is 33.2 Å². The average molecular weight is 534 g/mol. The first-order chi connectivity index (χ1) is 16.7. The summed E-state index contributed by atoms with van der Waals surface area (Å²) in [4.78, 5) is 86.9. The number of nitrogens with zero attached hydrogens (tertiary/aromatic N) is 2. The lowest BCUT2D eigenvalue weighted by Crippen LogP contribution is -2.33. The summed E-state index contributed by atoms with van der Waals surface area (Å²) in [5, 5.41) is 5.72. The van der Waals surface area contributed by atoms with E-state index >= 15 is 0 Å². The van der Waals surface area contributed by atoms with Crippen LogP contribution in [-0.2, 0) is 35.4 Å². The van der Waals surface area contributed by atoms with Crippen LogP contribution in [0, 0.1) is 5.82 Å². The maximum atomic E-state index is 13.2. The Bertz CT molecular complexity index is 1060. The van der Waals surface area contributed by atoms with Crippen molar-refractivity contribution in [1.29, 1.82) is 0 Å². The maximum Gasteiger partial charge on any atom is 0.333 e. The molecule has 35 heavy (non-hydrogen) atoms. The van der Waals surface area contributed by atoms with E-state index in [1.165, 1.54) is 21.6 Å². The van der Waals surface area contributed by atoms with E-state index in [1.807, 2.05) is 4.98 Å². The number of hydroxylamine groups is 2. The number of halogens is 1. The van der Waals surface area contributed by atoms with Crippen LogP contribution < -0.4 is 21.9 Å². The number of carbonyl (C=O) groups excluding carboxylic acids is 5. The van der Waals surface area contributed by atoms with Gasteiger partial charge in [-0.05, 0) is 0 Å². The summed E-state index contributed by atoms with van der Waals surface area (Å²) < 4.78 is 14.1. The lowest BCUT2D eigenvalue weighted by atomic mass is 10.3. The zero-order chi connectivity index (χ0) is 25.8. The minimum absolute atomic E-state index is 0.00233. The summed E-state index contributed by atoms with van der Waals surface area (Å²) in [5.74, 6) is -2.66. The van der Waals surface area contributed by atoms with Crippen molar-refractivity contribution in [3.8, 4) is 0 Å². The molecule has 1 aromatic rings. The number of imide groups is 1. The van der Waals surface area contributed by atoms with Gasteiger partial charge in [0.15, 0.2) is 0 Å². The van der Waals surface area contributed by atoms with Crippen molar-refractivity contribution in [3.63, 3.8) is 0 Å². The molecule has 1 aliphatic heterocycles. The molecule has 1 aromatic heterocycles. The first kappa shape index (κ1) is 28.1. The van der Waals surface area contributed by atoms with E-state index in [4.69, 9.17) is 0 Å². The highest BCUT2D eigenvalue weighted by Crippen LogP contribution is 2.19. The van der Waals surface area contributed by atoms with Gasteiger partial charge in [-0.3, -0.25) is 33.5 Å². The molecule has 1 aliphatic rings. The Morgan fingerprint density at radius 3 is 2.11 bits per heavy atom. The Balaban J connectivity index is 1.46. The lowest BCUT2D eigenvalue weighted by Gasteiger charge is -2.12. The Hall–Kier alpha value is -3.14. The van der Waals surface area contributed by atoms with Gasteiger partial charge < -0.3 is 15.5 Å². The molecule has 0 aromatic carbocycles. The van der Waals surface area contributed by atoms with Gasteiger partial charge in [-0.1, -0.05) is 21.6 Å². The first-order valence-corrected chi connectivity index (χ1v) is 13.0. The van der Waals surface area contributed by atoms with E-state index in [-0.39, 0.29) is 50.5 Å². The van der Waals surface area contributed by atoms with Gasteiger partial charge in [0.25, 0.3) is 17.4 Å². The lowest BCUT2D eigenvalue weighted by molar-refractivity contribution is -0.197. The molecule has 0 aliphatic carbocycles. The molecule has 0 atom stereocenters. The second-order valence-electron chi connectivity index (χ2n) is 7.07. The van der Waals surface area contributed by atoms with Crippen LogP contribution in [0.25, 0.3) is 0 Å². The van der Waals surface area contributed by atoms with Crippen molar-refractivity contribution in [3.05, 3.63) is 32.9 Å². The highest BCUT2D eigenvalue weighted by Gasteiger charge is 2.32. The third-order valence-corrected chi connectivity index (χ3v) is 6.81. The predicted molar refractivity (Wildman–Crippen MR) is 123 cm³/mol. The Morgan fingerprint density at radius 2 is 1.51 bits per heavy atom. The number of carbonyl (C=O) groups is 5. The van der Waals surface area contributed by atoms with Gasteiger partial charge in [-0.15, -0.1) is 5.06 Å². The number of H-pyrrole nitrogens is 1. The zero-order valence-electron chi connectivity index (χ0n) is 18.5. The van der Waals surface area contributed by atoms with Crippen molar-refractivity contribution in [2.45, 2.75) is 38.6 Å². The smallest absolute Gasteiger partial charge is 0.333 e. The fraction of sp³-hybridized carbons (Fsp3) is 0.526. The number of aryl methyl sites for hydroxylation is 1. The van der Waals surface area contributed by atoms with Gasteiger partial charge in [0.1, 0.15) is 0 Å². The molecule has 4 amide bonds. The van der Waals surface area contributed by atoms with Crippen LogP contribution in [0.4, 0.5) is 4.39 Å². The predicted octanol–water partition coefficient (Wildman–Crippen LogP) is -0.933. The Labute approximate surface area is 205 Å². The maximum absolute atomic E-state index is 13.2. The first-order valence-electron chi connectivity index (χ1n) is 10.5. The molecule has 2 rings (SSSR count). The van der Waals surface area contributed by atoms with Crippen LogP contribution >= 0.6 is 21.6 Å². The number of rotatable bonds is 14. The Morgan fingerprint density at radius 1 is 0.943 bits per heavy atom. The molecule has 0 unspecified atom stereocenters. The summed E-state index contributed by atoms with van der Waals surface area (Å²) in [5.41, 5.74) is -1.90. The van der Waals surface area contributed by atoms with Gasteiger partial charge in [0.2, 0.25) is 17.6 Å². The minimum Gasteiger partial charge on any atom is -0.355 e. The van der Waals surface area contributed by atoms with E-state index in [0.29, 0.717) is 29.7 Å². The van der Waals surface area contributed by atoms with Crippen LogP contribution in [0.15, 0.2) is 15.8 Å². The molecule has 0 spiro atoms. The number of aromatic nitrogens is 2. The third kappa shape index (κ3) is 9.94. The van der Waals surface area contributed by atoms with Crippen LogP contribution in [0.2, 0.25) is 0 Å². The molecule has 1 fully saturated rings. The average Bonchev–Trinajstić information content (AvgIpc) is 3.12. The molecule has 2 heterocycles. The third-order valence-electron chi connectivity index (χ3n) is 4.40. The molecule has 3 N–H and O–H groups in total. The second-order valence-corrected chi connectivity index (χ2v) is 9.77. The van der Waals surface area contributed by atoms with Crippen molar-refractivity contribution in [2.24, 2.45) is 0 Å². The van der Waals surface area contributed by atoms with Gasteiger partial charge >= 0.3 is 11.7 Å². The number of nitrogens with one attached hydrogen (secondary N) is 3.